The molecule has 2 aromatic carbocycles. The lowest BCUT2D eigenvalue weighted by molar-refractivity contribution is 0.390. The van der Waals surface area contributed by atoms with Crippen LogP contribution in [0.4, 0.5) is 4.39 Å². The minimum atomic E-state index is -3.78. The van der Waals surface area contributed by atoms with Crippen LogP contribution in [0.1, 0.15) is 30.0 Å². The number of benzene rings is 2. The van der Waals surface area contributed by atoms with Gasteiger partial charge in [-0.25, -0.2) is 17.5 Å². The fraction of sp³-hybridized carbons (Fsp3) is 0.250. The first-order chi connectivity index (χ1) is 13.2. The number of nitrogens with one attached hydrogen (secondary N) is 1. The zero-order valence-corrected chi connectivity index (χ0v) is 16.8. The van der Waals surface area contributed by atoms with Gasteiger partial charge in [0.1, 0.15) is 22.2 Å². The average Bonchev–Trinajstić information content (AvgIpc) is 3.00. The Morgan fingerprint density at radius 3 is 2.39 bits per heavy atom. The SMILES string of the molecule is COc1ccc(F)cc1-c1ccc([C@@H](C)NS(=O)(=O)c2c(C)noc2C)cc1. The topological polar surface area (TPSA) is 81.4 Å². The van der Waals surface area contributed by atoms with E-state index in [1.54, 1.807) is 51.1 Å². The molecule has 1 aromatic heterocycles. The second kappa shape index (κ2) is 7.73. The summed E-state index contributed by atoms with van der Waals surface area (Å²) in [5.74, 6) is 0.438. The van der Waals surface area contributed by atoms with Crippen molar-refractivity contribution in [1.29, 1.82) is 0 Å². The largest absolute Gasteiger partial charge is 0.496 e. The summed E-state index contributed by atoms with van der Waals surface area (Å²) in [6.45, 7) is 4.88. The highest BCUT2D eigenvalue weighted by Gasteiger charge is 2.26. The third-order valence-electron chi connectivity index (χ3n) is 4.45. The molecule has 3 rings (SSSR count). The van der Waals surface area contributed by atoms with Crippen molar-refractivity contribution in [2.24, 2.45) is 0 Å². The standard InChI is InChI=1S/C20H21FN2O4S/c1-12(23-28(24,25)20-13(2)22-27-14(20)3)15-5-7-16(8-6-15)18-11-17(21)9-10-19(18)26-4/h5-12,23H,1-4H3/t12-/m1/s1. The molecular formula is C20H21FN2O4S. The second-order valence-electron chi connectivity index (χ2n) is 6.46. The number of aryl methyl sites for hydroxylation is 2. The van der Waals surface area contributed by atoms with Crippen LogP contribution in [-0.2, 0) is 10.0 Å². The van der Waals surface area contributed by atoms with E-state index in [-0.39, 0.29) is 16.5 Å². The zero-order valence-electron chi connectivity index (χ0n) is 16.0. The molecule has 0 bridgehead atoms. The minimum absolute atomic E-state index is 0.0560. The number of halogens is 1. The zero-order chi connectivity index (χ0) is 20.5. The third kappa shape index (κ3) is 3.93. The number of nitrogens with zero attached hydrogens (tertiary/aromatic N) is 1. The summed E-state index contributed by atoms with van der Waals surface area (Å²) >= 11 is 0. The van der Waals surface area contributed by atoms with Gasteiger partial charge in [-0.05, 0) is 50.1 Å². The molecule has 3 aromatic rings. The van der Waals surface area contributed by atoms with Crippen LogP contribution in [0.25, 0.3) is 11.1 Å². The normalized spacial score (nSPS) is 12.8. The van der Waals surface area contributed by atoms with Crippen molar-refractivity contribution in [2.75, 3.05) is 7.11 Å². The number of sulfonamides is 1. The van der Waals surface area contributed by atoms with Crippen molar-refractivity contribution in [1.82, 2.24) is 9.88 Å². The van der Waals surface area contributed by atoms with Gasteiger partial charge < -0.3 is 9.26 Å². The smallest absolute Gasteiger partial charge is 0.246 e. The summed E-state index contributed by atoms with van der Waals surface area (Å²) < 4.78 is 51.8. The Morgan fingerprint density at radius 1 is 1.14 bits per heavy atom. The molecule has 0 spiro atoms. The van der Waals surface area contributed by atoms with Gasteiger partial charge in [0.15, 0.2) is 5.76 Å². The van der Waals surface area contributed by atoms with E-state index in [4.69, 9.17) is 9.26 Å². The maximum absolute atomic E-state index is 13.6. The van der Waals surface area contributed by atoms with Gasteiger partial charge >= 0.3 is 0 Å². The minimum Gasteiger partial charge on any atom is -0.496 e. The lowest BCUT2D eigenvalue weighted by Gasteiger charge is -2.15. The van der Waals surface area contributed by atoms with Crippen LogP contribution < -0.4 is 9.46 Å². The Morgan fingerprint density at radius 2 is 1.82 bits per heavy atom. The molecule has 0 amide bonds. The first kappa shape index (κ1) is 20.0. The summed E-state index contributed by atoms with van der Waals surface area (Å²) in [6.07, 6.45) is 0. The number of ether oxygens (including phenoxy) is 1. The van der Waals surface area contributed by atoms with Gasteiger partial charge in [0.05, 0.1) is 7.11 Å². The number of aromatic nitrogens is 1. The summed E-state index contributed by atoms with van der Waals surface area (Å²) in [4.78, 5) is 0.0560. The van der Waals surface area contributed by atoms with Crippen molar-refractivity contribution in [2.45, 2.75) is 31.7 Å². The number of hydrogen-bond acceptors (Lipinski definition) is 5. The van der Waals surface area contributed by atoms with Crippen LogP contribution in [0.2, 0.25) is 0 Å². The molecule has 1 N–H and O–H groups in total. The molecule has 0 aliphatic heterocycles. The van der Waals surface area contributed by atoms with Gasteiger partial charge in [0.25, 0.3) is 0 Å². The Bertz CT molecular complexity index is 1070. The van der Waals surface area contributed by atoms with Crippen LogP contribution in [0, 0.1) is 19.7 Å². The molecule has 148 valence electrons. The van der Waals surface area contributed by atoms with E-state index < -0.39 is 16.1 Å². The van der Waals surface area contributed by atoms with E-state index in [0.717, 1.165) is 11.1 Å². The molecule has 0 saturated heterocycles. The fourth-order valence-electron chi connectivity index (χ4n) is 3.08. The Kier molecular flexibility index (Phi) is 5.53. The highest BCUT2D eigenvalue weighted by atomic mass is 32.2. The molecule has 1 heterocycles. The molecule has 8 heteroatoms. The van der Waals surface area contributed by atoms with Gasteiger partial charge in [-0.2, -0.15) is 0 Å². The molecule has 0 saturated carbocycles. The fourth-order valence-corrected chi connectivity index (χ4v) is 4.64. The Labute approximate surface area is 163 Å². The van der Waals surface area contributed by atoms with Gasteiger partial charge in [-0.3, -0.25) is 0 Å². The summed E-state index contributed by atoms with van der Waals surface area (Å²) in [6, 6.07) is 11.0. The summed E-state index contributed by atoms with van der Waals surface area (Å²) in [5.41, 5.74) is 2.46. The first-order valence-corrected chi connectivity index (χ1v) is 10.1. The van der Waals surface area contributed by atoms with Crippen LogP contribution in [0.15, 0.2) is 51.9 Å². The van der Waals surface area contributed by atoms with E-state index in [1.165, 1.54) is 19.2 Å². The van der Waals surface area contributed by atoms with Gasteiger partial charge in [-0.1, -0.05) is 29.4 Å². The van der Waals surface area contributed by atoms with Gasteiger partial charge in [-0.15, -0.1) is 0 Å². The molecule has 0 aliphatic rings. The van der Waals surface area contributed by atoms with Crippen molar-refractivity contribution in [3.8, 4) is 16.9 Å². The molecule has 0 fully saturated rings. The Hall–Kier alpha value is -2.71. The van der Waals surface area contributed by atoms with Crippen LogP contribution in [0.3, 0.4) is 0 Å². The highest BCUT2D eigenvalue weighted by molar-refractivity contribution is 7.89. The predicted octanol–water partition coefficient (Wildman–Crippen LogP) is 4.15. The van der Waals surface area contributed by atoms with E-state index in [0.29, 0.717) is 17.0 Å². The molecule has 6 nitrogen and oxygen atoms in total. The molecule has 0 aliphatic carbocycles. The molecule has 0 radical (unpaired) electrons. The third-order valence-corrected chi connectivity index (χ3v) is 6.24. The molecule has 1 atom stereocenters. The van der Waals surface area contributed by atoms with Gasteiger partial charge in [0.2, 0.25) is 10.0 Å². The van der Waals surface area contributed by atoms with Crippen LogP contribution >= 0.6 is 0 Å². The average molecular weight is 404 g/mol. The first-order valence-electron chi connectivity index (χ1n) is 8.62. The second-order valence-corrected chi connectivity index (χ2v) is 8.11. The number of hydrogen-bond donors (Lipinski definition) is 1. The molecule has 0 unspecified atom stereocenters. The van der Waals surface area contributed by atoms with E-state index in [2.05, 4.69) is 9.88 Å². The molecular weight excluding hydrogens is 383 g/mol. The van der Waals surface area contributed by atoms with Crippen LogP contribution in [0.5, 0.6) is 5.75 Å². The maximum atomic E-state index is 13.6. The van der Waals surface area contributed by atoms with E-state index >= 15 is 0 Å². The van der Waals surface area contributed by atoms with E-state index in [1.807, 2.05) is 0 Å². The molecule has 28 heavy (non-hydrogen) atoms. The monoisotopic (exact) mass is 404 g/mol. The summed E-state index contributed by atoms with van der Waals surface area (Å²) in [7, 11) is -2.26. The quantitative estimate of drug-likeness (QED) is 0.668. The highest BCUT2D eigenvalue weighted by Crippen LogP contribution is 2.31. The van der Waals surface area contributed by atoms with Crippen molar-refractivity contribution in [3.63, 3.8) is 0 Å². The van der Waals surface area contributed by atoms with Crippen molar-refractivity contribution in [3.05, 3.63) is 65.3 Å². The van der Waals surface area contributed by atoms with Gasteiger partial charge in [0, 0.05) is 11.6 Å². The summed E-state index contributed by atoms with van der Waals surface area (Å²) in [5, 5.41) is 3.69. The maximum Gasteiger partial charge on any atom is 0.246 e. The van der Waals surface area contributed by atoms with Crippen LogP contribution in [-0.4, -0.2) is 20.7 Å². The van der Waals surface area contributed by atoms with Crippen molar-refractivity contribution < 1.29 is 22.1 Å². The Balaban J connectivity index is 1.85. The predicted molar refractivity (Wildman–Crippen MR) is 103 cm³/mol. The number of methoxy groups -OCH3 is 1. The lowest BCUT2D eigenvalue weighted by atomic mass is 10.0. The lowest BCUT2D eigenvalue weighted by Crippen LogP contribution is -2.27. The van der Waals surface area contributed by atoms with E-state index in [9.17, 15) is 12.8 Å². The number of rotatable bonds is 6. The van der Waals surface area contributed by atoms with Crippen molar-refractivity contribution >= 4 is 10.0 Å².